The SMILES string of the molecule is CCc1cccc(CC)c1NCC(=O)Nc1cccc(NC(C)=O)c1. The average Bonchev–Trinajstić information content (AvgIpc) is 2.59. The van der Waals surface area contributed by atoms with Crippen LogP contribution in [0.1, 0.15) is 31.9 Å². The molecule has 0 aliphatic rings. The Hall–Kier alpha value is -2.82. The van der Waals surface area contributed by atoms with E-state index in [1.54, 1.807) is 24.3 Å². The van der Waals surface area contributed by atoms with Crippen LogP contribution in [0.25, 0.3) is 0 Å². The van der Waals surface area contributed by atoms with Gasteiger partial charge in [-0.25, -0.2) is 0 Å². The summed E-state index contributed by atoms with van der Waals surface area (Å²) < 4.78 is 0. The molecule has 2 aromatic rings. The highest BCUT2D eigenvalue weighted by Crippen LogP contribution is 2.22. The van der Waals surface area contributed by atoms with Crippen molar-refractivity contribution in [1.82, 2.24) is 0 Å². The minimum atomic E-state index is -0.145. The van der Waals surface area contributed by atoms with E-state index in [0.29, 0.717) is 11.4 Å². The van der Waals surface area contributed by atoms with Gasteiger partial charge in [0, 0.05) is 24.0 Å². The molecule has 0 unspecified atom stereocenters. The highest BCUT2D eigenvalue weighted by Gasteiger charge is 2.08. The molecule has 0 aliphatic heterocycles. The van der Waals surface area contributed by atoms with Gasteiger partial charge in [0.05, 0.1) is 6.54 Å². The Balaban J connectivity index is 2.01. The molecule has 0 atom stereocenters. The van der Waals surface area contributed by atoms with Crippen LogP contribution in [0, 0.1) is 0 Å². The van der Waals surface area contributed by atoms with Crippen LogP contribution in [-0.4, -0.2) is 18.4 Å². The predicted molar refractivity (Wildman–Crippen MR) is 103 cm³/mol. The van der Waals surface area contributed by atoms with Crippen molar-refractivity contribution in [1.29, 1.82) is 0 Å². The zero-order chi connectivity index (χ0) is 18.2. The Bertz CT molecular complexity index is 734. The highest BCUT2D eigenvalue weighted by atomic mass is 16.2. The number of para-hydroxylation sites is 1. The second kappa shape index (κ2) is 8.87. The molecule has 2 amide bonds. The van der Waals surface area contributed by atoms with Crippen molar-refractivity contribution < 1.29 is 9.59 Å². The van der Waals surface area contributed by atoms with Gasteiger partial charge in [0.1, 0.15) is 0 Å². The normalized spacial score (nSPS) is 10.2. The van der Waals surface area contributed by atoms with E-state index in [4.69, 9.17) is 0 Å². The van der Waals surface area contributed by atoms with Gasteiger partial charge in [0.2, 0.25) is 11.8 Å². The van der Waals surface area contributed by atoms with Crippen LogP contribution in [0.2, 0.25) is 0 Å². The largest absolute Gasteiger partial charge is 0.376 e. The number of rotatable bonds is 7. The van der Waals surface area contributed by atoms with E-state index in [9.17, 15) is 9.59 Å². The fourth-order valence-electron chi connectivity index (χ4n) is 2.72. The first-order valence-electron chi connectivity index (χ1n) is 8.55. The van der Waals surface area contributed by atoms with Gasteiger partial charge in [-0.15, -0.1) is 0 Å². The Morgan fingerprint density at radius 2 is 1.44 bits per heavy atom. The fourth-order valence-corrected chi connectivity index (χ4v) is 2.72. The Morgan fingerprint density at radius 3 is 2.00 bits per heavy atom. The van der Waals surface area contributed by atoms with Gasteiger partial charge in [-0.1, -0.05) is 38.1 Å². The van der Waals surface area contributed by atoms with E-state index in [1.807, 2.05) is 0 Å². The molecule has 5 nitrogen and oxygen atoms in total. The third-order valence-corrected chi connectivity index (χ3v) is 3.89. The average molecular weight is 339 g/mol. The summed E-state index contributed by atoms with van der Waals surface area (Å²) >= 11 is 0. The molecule has 0 heterocycles. The van der Waals surface area contributed by atoms with Crippen molar-refractivity contribution in [2.45, 2.75) is 33.6 Å². The summed E-state index contributed by atoms with van der Waals surface area (Å²) in [7, 11) is 0. The Morgan fingerprint density at radius 1 is 0.880 bits per heavy atom. The first-order valence-corrected chi connectivity index (χ1v) is 8.55. The monoisotopic (exact) mass is 339 g/mol. The van der Waals surface area contributed by atoms with Gasteiger partial charge in [0.15, 0.2) is 0 Å². The zero-order valence-electron chi connectivity index (χ0n) is 15.0. The van der Waals surface area contributed by atoms with Crippen molar-refractivity contribution in [2.75, 3.05) is 22.5 Å². The van der Waals surface area contributed by atoms with Crippen molar-refractivity contribution in [2.24, 2.45) is 0 Å². The van der Waals surface area contributed by atoms with Gasteiger partial charge in [0.25, 0.3) is 0 Å². The molecular formula is C20H25N3O2. The standard InChI is InChI=1S/C20H25N3O2/c1-4-15-8-6-9-16(5-2)20(15)21-13-19(25)23-18-11-7-10-17(12-18)22-14(3)24/h6-12,21H,4-5,13H2,1-3H3,(H,22,24)(H,23,25). The lowest BCUT2D eigenvalue weighted by molar-refractivity contribution is -0.115. The molecule has 3 N–H and O–H groups in total. The van der Waals surface area contributed by atoms with Crippen molar-refractivity contribution in [3.8, 4) is 0 Å². The van der Waals surface area contributed by atoms with Crippen LogP contribution in [0.3, 0.4) is 0 Å². The molecule has 0 fully saturated rings. The first-order chi connectivity index (χ1) is 12.0. The molecule has 2 rings (SSSR count). The van der Waals surface area contributed by atoms with Gasteiger partial charge in [-0.05, 0) is 42.2 Å². The summed E-state index contributed by atoms with van der Waals surface area (Å²) in [5.41, 5.74) is 4.77. The lowest BCUT2D eigenvalue weighted by Crippen LogP contribution is -2.22. The van der Waals surface area contributed by atoms with E-state index in [1.165, 1.54) is 18.1 Å². The minimum absolute atomic E-state index is 0.132. The smallest absolute Gasteiger partial charge is 0.243 e. The zero-order valence-corrected chi connectivity index (χ0v) is 15.0. The molecular weight excluding hydrogens is 314 g/mol. The number of benzene rings is 2. The second-order valence-corrected chi connectivity index (χ2v) is 5.82. The number of aryl methyl sites for hydroxylation is 2. The maximum absolute atomic E-state index is 12.3. The minimum Gasteiger partial charge on any atom is -0.376 e. The van der Waals surface area contributed by atoms with E-state index < -0.39 is 0 Å². The van der Waals surface area contributed by atoms with Crippen molar-refractivity contribution in [3.05, 3.63) is 53.6 Å². The van der Waals surface area contributed by atoms with Crippen LogP contribution in [0.15, 0.2) is 42.5 Å². The molecule has 0 aliphatic carbocycles. The maximum Gasteiger partial charge on any atom is 0.243 e. The molecule has 5 heteroatoms. The lowest BCUT2D eigenvalue weighted by Gasteiger charge is -2.15. The highest BCUT2D eigenvalue weighted by molar-refractivity contribution is 5.95. The topological polar surface area (TPSA) is 70.2 Å². The van der Waals surface area contributed by atoms with E-state index in [2.05, 4.69) is 48.0 Å². The molecule has 0 saturated heterocycles. The van der Waals surface area contributed by atoms with Crippen LogP contribution in [-0.2, 0) is 22.4 Å². The molecule has 0 radical (unpaired) electrons. The second-order valence-electron chi connectivity index (χ2n) is 5.82. The summed E-state index contributed by atoms with van der Waals surface area (Å²) in [6.07, 6.45) is 1.83. The number of nitrogens with one attached hydrogen (secondary N) is 3. The van der Waals surface area contributed by atoms with Crippen molar-refractivity contribution >= 4 is 28.9 Å². The first kappa shape index (κ1) is 18.5. The molecule has 0 aromatic heterocycles. The van der Waals surface area contributed by atoms with Gasteiger partial charge >= 0.3 is 0 Å². The Labute approximate surface area is 148 Å². The van der Waals surface area contributed by atoms with E-state index >= 15 is 0 Å². The summed E-state index contributed by atoms with van der Waals surface area (Å²) in [5, 5.41) is 8.82. The molecule has 0 spiro atoms. The molecule has 132 valence electrons. The number of amides is 2. The molecule has 0 bridgehead atoms. The molecule has 25 heavy (non-hydrogen) atoms. The predicted octanol–water partition coefficient (Wildman–Crippen LogP) is 3.82. The van der Waals surface area contributed by atoms with Gasteiger partial charge in [-0.2, -0.15) is 0 Å². The van der Waals surface area contributed by atoms with Crippen LogP contribution in [0.5, 0.6) is 0 Å². The van der Waals surface area contributed by atoms with Crippen LogP contribution >= 0.6 is 0 Å². The lowest BCUT2D eigenvalue weighted by atomic mass is 10.0. The van der Waals surface area contributed by atoms with E-state index in [-0.39, 0.29) is 18.4 Å². The van der Waals surface area contributed by atoms with Crippen molar-refractivity contribution in [3.63, 3.8) is 0 Å². The number of carbonyl (C=O) groups is 2. The van der Waals surface area contributed by atoms with Gasteiger partial charge in [-0.3, -0.25) is 9.59 Å². The number of anilines is 3. The Kier molecular flexibility index (Phi) is 6.57. The third kappa shape index (κ3) is 5.35. The molecule has 0 saturated carbocycles. The summed E-state index contributed by atoms with van der Waals surface area (Å²) in [6.45, 7) is 5.85. The summed E-state index contributed by atoms with van der Waals surface area (Å²) in [4.78, 5) is 23.4. The quantitative estimate of drug-likeness (QED) is 0.718. The number of hydrogen-bond acceptors (Lipinski definition) is 3. The van der Waals surface area contributed by atoms with E-state index in [0.717, 1.165) is 18.5 Å². The van der Waals surface area contributed by atoms with Crippen LogP contribution < -0.4 is 16.0 Å². The summed E-state index contributed by atoms with van der Waals surface area (Å²) in [5.74, 6) is -0.277. The summed E-state index contributed by atoms with van der Waals surface area (Å²) in [6, 6.07) is 13.3. The molecule has 2 aromatic carbocycles. The third-order valence-electron chi connectivity index (χ3n) is 3.89. The number of hydrogen-bond donors (Lipinski definition) is 3. The maximum atomic E-state index is 12.3. The van der Waals surface area contributed by atoms with Gasteiger partial charge < -0.3 is 16.0 Å². The number of carbonyl (C=O) groups excluding carboxylic acids is 2. The van der Waals surface area contributed by atoms with Crippen LogP contribution in [0.4, 0.5) is 17.1 Å². The fraction of sp³-hybridized carbons (Fsp3) is 0.300.